The molecule has 1 aromatic rings. The maximum atomic E-state index is 12.8. The van der Waals surface area contributed by atoms with Crippen LogP contribution in [0, 0.1) is 12.7 Å². The Morgan fingerprint density at radius 2 is 2.24 bits per heavy atom. The Morgan fingerprint density at radius 3 is 2.88 bits per heavy atom. The van der Waals surface area contributed by atoms with Crippen molar-refractivity contribution >= 4 is 11.7 Å². The molecule has 0 aliphatic carbocycles. The Bertz CT molecular complexity index is 383. The third-order valence-corrected chi connectivity index (χ3v) is 2.25. The van der Waals surface area contributed by atoms with Crippen LogP contribution in [0.5, 0.6) is 0 Å². The van der Waals surface area contributed by atoms with Crippen LogP contribution in [0.3, 0.4) is 0 Å². The number of benzene rings is 1. The van der Waals surface area contributed by atoms with Crippen LogP contribution in [0.15, 0.2) is 18.2 Å². The summed E-state index contributed by atoms with van der Waals surface area (Å²) < 4.78 is 17.7. The van der Waals surface area contributed by atoms with Gasteiger partial charge in [-0.25, -0.2) is 9.18 Å². The third-order valence-electron chi connectivity index (χ3n) is 2.25. The lowest BCUT2D eigenvalue weighted by molar-refractivity contribution is 0.194. The highest BCUT2D eigenvalue weighted by molar-refractivity contribution is 5.89. The average Bonchev–Trinajstić information content (AvgIpc) is 2.28. The number of hydrogen-bond acceptors (Lipinski definition) is 2. The highest BCUT2D eigenvalue weighted by Crippen LogP contribution is 2.15. The molecule has 2 amide bonds. The van der Waals surface area contributed by atoms with Gasteiger partial charge in [0.2, 0.25) is 0 Å². The first kappa shape index (κ1) is 13.4. The number of urea groups is 1. The molecule has 0 heterocycles. The molecule has 94 valence electrons. The van der Waals surface area contributed by atoms with Gasteiger partial charge in [-0.1, -0.05) is 0 Å². The van der Waals surface area contributed by atoms with Crippen molar-refractivity contribution in [2.45, 2.75) is 13.3 Å². The van der Waals surface area contributed by atoms with Gasteiger partial charge >= 0.3 is 6.03 Å². The molecule has 0 fully saturated rings. The molecule has 0 spiro atoms. The topological polar surface area (TPSA) is 50.4 Å². The SMILES string of the molecule is COCCCNC(=O)Nc1ccc(F)cc1C. The minimum absolute atomic E-state index is 0.296. The number of carbonyl (C=O) groups is 1. The van der Waals surface area contributed by atoms with Crippen molar-refractivity contribution in [1.82, 2.24) is 5.32 Å². The second-order valence-corrected chi connectivity index (χ2v) is 3.69. The van der Waals surface area contributed by atoms with Gasteiger partial charge in [0.1, 0.15) is 5.82 Å². The molecule has 4 nitrogen and oxygen atoms in total. The fourth-order valence-corrected chi connectivity index (χ4v) is 1.35. The number of ether oxygens (including phenoxy) is 1. The number of halogens is 1. The van der Waals surface area contributed by atoms with Crippen molar-refractivity contribution in [3.63, 3.8) is 0 Å². The summed E-state index contributed by atoms with van der Waals surface area (Å²) in [5, 5.41) is 5.34. The zero-order chi connectivity index (χ0) is 12.7. The molecule has 0 atom stereocenters. The second kappa shape index (κ2) is 6.85. The molecular weight excluding hydrogens is 223 g/mol. The lowest BCUT2D eigenvalue weighted by atomic mass is 10.2. The number of hydrogen-bond donors (Lipinski definition) is 2. The van der Waals surface area contributed by atoms with Crippen LogP contribution in [-0.2, 0) is 4.74 Å². The summed E-state index contributed by atoms with van der Waals surface area (Å²) in [7, 11) is 1.61. The predicted octanol–water partition coefficient (Wildman–Crippen LogP) is 2.29. The van der Waals surface area contributed by atoms with E-state index in [0.717, 1.165) is 6.42 Å². The minimum atomic E-state index is -0.312. The number of amides is 2. The van der Waals surface area contributed by atoms with E-state index in [1.165, 1.54) is 12.1 Å². The van der Waals surface area contributed by atoms with Gasteiger partial charge in [0.25, 0.3) is 0 Å². The van der Waals surface area contributed by atoms with Crippen LogP contribution >= 0.6 is 0 Å². The molecule has 0 radical (unpaired) electrons. The molecule has 17 heavy (non-hydrogen) atoms. The van der Waals surface area contributed by atoms with E-state index in [1.807, 2.05) is 0 Å². The van der Waals surface area contributed by atoms with E-state index >= 15 is 0 Å². The maximum Gasteiger partial charge on any atom is 0.319 e. The number of anilines is 1. The number of aryl methyl sites for hydroxylation is 1. The quantitative estimate of drug-likeness (QED) is 0.776. The van der Waals surface area contributed by atoms with E-state index in [1.54, 1.807) is 20.1 Å². The summed E-state index contributed by atoms with van der Waals surface area (Å²) in [5.74, 6) is -0.312. The molecule has 2 N–H and O–H groups in total. The Hall–Kier alpha value is -1.62. The molecule has 5 heteroatoms. The molecule has 1 rings (SSSR count). The fraction of sp³-hybridized carbons (Fsp3) is 0.417. The van der Waals surface area contributed by atoms with E-state index in [-0.39, 0.29) is 11.8 Å². The molecule has 0 bridgehead atoms. The van der Waals surface area contributed by atoms with E-state index < -0.39 is 0 Å². The summed E-state index contributed by atoms with van der Waals surface area (Å²) in [6.45, 7) is 2.89. The van der Waals surface area contributed by atoms with Crippen LogP contribution < -0.4 is 10.6 Å². The smallest absolute Gasteiger partial charge is 0.319 e. The molecule has 0 aliphatic rings. The van der Waals surface area contributed by atoms with Crippen LogP contribution in [0.4, 0.5) is 14.9 Å². The predicted molar refractivity (Wildman–Crippen MR) is 64.7 cm³/mol. The normalized spacial score (nSPS) is 10.1. The van der Waals surface area contributed by atoms with E-state index in [4.69, 9.17) is 4.74 Å². The van der Waals surface area contributed by atoms with Gasteiger partial charge in [0.05, 0.1) is 0 Å². The average molecular weight is 240 g/mol. The highest BCUT2D eigenvalue weighted by Gasteiger charge is 2.04. The monoisotopic (exact) mass is 240 g/mol. The number of methoxy groups -OCH3 is 1. The summed E-state index contributed by atoms with van der Waals surface area (Å²) in [5.41, 5.74) is 1.30. The molecule has 1 aromatic carbocycles. The van der Waals surface area contributed by atoms with Crippen molar-refractivity contribution in [2.75, 3.05) is 25.6 Å². The van der Waals surface area contributed by atoms with Crippen molar-refractivity contribution in [3.8, 4) is 0 Å². The summed E-state index contributed by atoms with van der Waals surface area (Å²) in [6.07, 6.45) is 0.756. The van der Waals surface area contributed by atoms with E-state index in [0.29, 0.717) is 24.4 Å². The van der Waals surface area contributed by atoms with Crippen molar-refractivity contribution in [2.24, 2.45) is 0 Å². The summed E-state index contributed by atoms with van der Waals surface area (Å²) in [6, 6.07) is 3.93. The highest BCUT2D eigenvalue weighted by atomic mass is 19.1. The molecule has 0 unspecified atom stereocenters. The Labute approximate surface area is 100 Å². The lowest BCUT2D eigenvalue weighted by Crippen LogP contribution is -2.30. The first-order valence-corrected chi connectivity index (χ1v) is 5.43. The molecule has 0 saturated carbocycles. The maximum absolute atomic E-state index is 12.8. The summed E-state index contributed by atoms with van der Waals surface area (Å²) >= 11 is 0. The van der Waals surface area contributed by atoms with Gasteiger partial charge in [-0.3, -0.25) is 0 Å². The number of carbonyl (C=O) groups excluding carboxylic acids is 1. The van der Waals surface area contributed by atoms with Crippen LogP contribution in [0.2, 0.25) is 0 Å². The third kappa shape index (κ3) is 4.82. The van der Waals surface area contributed by atoms with E-state index in [9.17, 15) is 9.18 Å². The van der Waals surface area contributed by atoms with Gasteiger partial charge in [-0.2, -0.15) is 0 Å². The van der Waals surface area contributed by atoms with Gasteiger partial charge in [-0.15, -0.1) is 0 Å². The van der Waals surface area contributed by atoms with Gasteiger partial charge < -0.3 is 15.4 Å². The minimum Gasteiger partial charge on any atom is -0.385 e. The first-order valence-electron chi connectivity index (χ1n) is 5.43. The molecule has 0 aromatic heterocycles. The van der Waals surface area contributed by atoms with Crippen LogP contribution in [0.25, 0.3) is 0 Å². The lowest BCUT2D eigenvalue weighted by Gasteiger charge is -2.09. The zero-order valence-corrected chi connectivity index (χ0v) is 10.0. The second-order valence-electron chi connectivity index (χ2n) is 3.69. The van der Waals surface area contributed by atoms with E-state index in [2.05, 4.69) is 10.6 Å². The molecule has 0 saturated heterocycles. The number of rotatable bonds is 5. The van der Waals surface area contributed by atoms with Gasteiger partial charge in [-0.05, 0) is 37.1 Å². The first-order chi connectivity index (χ1) is 8.13. The largest absolute Gasteiger partial charge is 0.385 e. The Kier molecular flexibility index (Phi) is 5.42. The number of nitrogens with one attached hydrogen (secondary N) is 2. The summed E-state index contributed by atoms with van der Waals surface area (Å²) in [4.78, 5) is 11.5. The molecular formula is C12H17FN2O2. The van der Waals surface area contributed by atoms with Crippen LogP contribution in [0.1, 0.15) is 12.0 Å². The molecule has 0 aliphatic heterocycles. The Balaban J connectivity index is 2.40. The van der Waals surface area contributed by atoms with Crippen LogP contribution in [-0.4, -0.2) is 26.3 Å². The van der Waals surface area contributed by atoms with Gasteiger partial charge in [0, 0.05) is 25.9 Å². The zero-order valence-electron chi connectivity index (χ0n) is 10.0. The van der Waals surface area contributed by atoms with Crippen molar-refractivity contribution in [1.29, 1.82) is 0 Å². The van der Waals surface area contributed by atoms with Crippen molar-refractivity contribution < 1.29 is 13.9 Å². The van der Waals surface area contributed by atoms with Gasteiger partial charge in [0.15, 0.2) is 0 Å². The van der Waals surface area contributed by atoms with Crippen molar-refractivity contribution in [3.05, 3.63) is 29.6 Å². The standard InChI is InChI=1S/C12H17FN2O2/c1-9-8-10(13)4-5-11(9)15-12(16)14-6-3-7-17-2/h4-5,8H,3,6-7H2,1-2H3,(H2,14,15,16). The Morgan fingerprint density at radius 1 is 1.47 bits per heavy atom. The fourth-order valence-electron chi connectivity index (χ4n) is 1.35.